The number of nitrogens with zero attached hydrogens (tertiary/aromatic N) is 2. The van der Waals surface area contributed by atoms with Gasteiger partial charge in [-0.15, -0.1) is 11.3 Å². The number of ether oxygens (including phenoxy) is 3. The van der Waals surface area contributed by atoms with E-state index < -0.39 is 0 Å². The van der Waals surface area contributed by atoms with Crippen molar-refractivity contribution in [3.05, 3.63) is 39.1 Å². The van der Waals surface area contributed by atoms with Gasteiger partial charge in [-0.3, -0.25) is 9.69 Å². The molecular formula is C21H28N2O4S. The molecule has 0 aliphatic carbocycles. The van der Waals surface area contributed by atoms with Crippen molar-refractivity contribution in [2.75, 3.05) is 47.5 Å². The molecule has 2 heterocycles. The molecule has 1 saturated heterocycles. The zero-order valence-electron chi connectivity index (χ0n) is 17.2. The molecule has 7 heteroatoms. The Kier molecular flexibility index (Phi) is 6.46. The van der Waals surface area contributed by atoms with Crippen LogP contribution in [0.1, 0.15) is 25.7 Å². The summed E-state index contributed by atoms with van der Waals surface area (Å²) in [6, 6.07) is 5.91. The first-order chi connectivity index (χ1) is 13.5. The van der Waals surface area contributed by atoms with Crippen LogP contribution < -0.4 is 14.2 Å². The van der Waals surface area contributed by atoms with E-state index in [0.29, 0.717) is 17.2 Å². The number of methoxy groups -OCH3 is 3. The SMILES string of the molecule is COc1ccc(CN2CCN(C(=O)c3cc(C)c(C)s3)CC2)c(OC)c1OC. The minimum Gasteiger partial charge on any atom is -0.493 e. The van der Waals surface area contributed by atoms with Crippen LogP contribution in [0.4, 0.5) is 0 Å². The average Bonchev–Trinajstić information content (AvgIpc) is 3.06. The molecule has 0 unspecified atom stereocenters. The number of thiophene rings is 1. The zero-order chi connectivity index (χ0) is 20.3. The van der Waals surface area contributed by atoms with Crippen molar-refractivity contribution < 1.29 is 19.0 Å². The van der Waals surface area contributed by atoms with Crippen LogP contribution >= 0.6 is 11.3 Å². The highest BCUT2D eigenvalue weighted by atomic mass is 32.1. The van der Waals surface area contributed by atoms with Gasteiger partial charge in [0.1, 0.15) is 0 Å². The number of hydrogen-bond acceptors (Lipinski definition) is 6. The average molecular weight is 405 g/mol. The Morgan fingerprint density at radius 3 is 2.21 bits per heavy atom. The van der Waals surface area contributed by atoms with E-state index in [2.05, 4.69) is 18.7 Å². The van der Waals surface area contributed by atoms with Crippen molar-refractivity contribution in [3.63, 3.8) is 0 Å². The second-order valence-corrected chi connectivity index (χ2v) is 8.17. The lowest BCUT2D eigenvalue weighted by molar-refractivity contribution is 0.0632. The van der Waals surface area contributed by atoms with E-state index in [-0.39, 0.29) is 5.91 Å². The van der Waals surface area contributed by atoms with Crippen molar-refractivity contribution in [2.45, 2.75) is 20.4 Å². The van der Waals surface area contributed by atoms with Crippen LogP contribution in [0.2, 0.25) is 0 Å². The standard InChI is InChI=1S/C21H28N2O4S/c1-14-12-18(28-15(14)2)21(24)23-10-8-22(9-11-23)13-16-6-7-17(25-3)20(27-5)19(16)26-4/h6-7,12H,8-11,13H2,1-5H3. The smallest absolute Gasteiger partial charge is 0.264 e. The van der Waals surface area contributed by atoms with Crippen molar-refractivity contribution in [1.29, 1.82) is 0 Å². The largest absolute Gasteiger partial charge is 0.493 e. The minimum absolute atomic E-state index is 0.143. The van der Waals surface area contributed by atoms with E-state index in [9.17, 15) is 4.79 Å². The van der Waals surface area contributed by atoms with E-state index >= 15 is 0 Å². The summed E-state index contributed by atoms with van der Waals surface area (Å²) >= 11 is 1.58. The van der Waals surface area contributed by atoms with Gasteiger partial charge in [-0.2, -0.15) is 0 Å². The van der Waals surface area contributed by atoms with E-state index in [1.54, 1.807) is 32.7 Å². The Morgan fingerprint density at radius 1 is 1.00 bits per heavy atom. The Hall–Kier alpha value is -2.25. The maximum Gasteiger partial charge on any atom is 0.264 e. The molecule has 28 heavy (non-hydrogen) atoms. The van der Waals surface area contributed by atoms with Crippen molar-refractivity contribution in [2.24, 2.45) is 0 Å². The minimum atomic E-state index is 0.143. The lowest BCUT2D eigenvalue weighted by Gasteiger charge is -2.34. The number of piperazine rings is 1. The molecule has 1 aromatic heterocycles. The highest BCUT2D eigenvalue weighted by Gasteiger charge is 2.25. The maximum atomic E-state index is 12.8. The summed E-state index contributed by atoms with van der Waals surface area (Å²) in [5, 5.41) is 0. The van der Waals surface area contributed by atoms with Crippen molar-refractivity contribution in [3.8, 4) is 17.2 Å². The number of aryl methyl sites for hydroxylation is 2. The van der Waals surface area contributed by atoms with Gasteiger partial charge in [0, 0.05) is 43.2 Å². The summed E-state index contributed by atoms with van der Waals surface area (Å²) in [5.41, 5.74) is 2.23. The van der Waals surface area contributed by atoms with Crippen LogP contribution in [0.5, 0.6) is 17.2 Å². The summed E-state index contributed by atoms with van der Waals surface area (Å²) in [6.07, 6.45) is 0. The van der Waals surface area contributed by atoms with Crippen LogP contribution in [0, 0.1) is 13.8 Å². The number of hydrogen-bond donors (Lipinski definition) is 0. The van der Waals surface area contributed by atoms with Crippen LogP contribution in [0.25, 0.3) is 0 Å². The van der Waals surface area contributed by atoms with Crippen LogP contribution in [-0.2, 0) is 6.54 Å². The molecule has 0 saturated carbocycles. The molecule has 1 aliphatic heterocycles. The molecule has 3 rings (SSSR count). The first-order valence-corrected chi connectivity index (χ1v) is 10.2. The number of carbonyl (C=O) groups is 1. The molecule has 0 atom stereocenters. The van der Waals surface area contributed by atoms with E-state index in [1.807, 2.05) is 23.1 Å². The summed E-state index contributed by atoms with van der Waals surface area (Å²) in [7, 11) is 4.87. The molecule has 152 valence electrons. The molecule has 1 amide bonds. The second kappa shape index (κ2) is 8.84. The van der Waals surface area contributed by atoms with Gasteiger partial charge in [-0.05, 0) is 31.5 Å². The summed E-state index contributed by atoms with van der Waals surface area (Å²) in [4.78, 5) is 19.1. The third-order valence-electron chi connectivity index (χ3n) is 5.22. The molecular weight excluding hydrogens is 376 g/mol. The van der Waals surface area contributed by atoms with Crippen LogP contribution in [-0.4, -0.2) is 63.2 Å². The van der Waals surface area contributed by atoms with Crippen LogP contribution in [0.3, 0.4) is 0 Å². The summed E-state index contributed by atoms with van der Waals surface area (Å²) in [6.45, 7) is 7.96. The van der Waals surface area contributed by atoms with Gasteiger partial charge < -0.3 is 19.1 Å². The predicted octanol–water partition coefficient (Wildman–Crippen LogP) is 3.35. The van der Waals surface area contributed by atoms with E-state index in [1.165, 1.54) is 10.4 Å². The third-order valence-corrected chi connectivity index (χ3v) is 6.36. The van der Waals surface area contributed by atoms with Crippen LogP contribution in [0.15, 0.2) is 18.2 Å². The van der Waals surface area contributed by atoms with Gasteiger partial charge in [0.15, 0.2) is 11.5 Å². The first kappa shape index (κ1) is 20.5. The van der Waals surface area contributed by atoms with E-state index in [4.69, 9.17) is 14.2 Å². The second-order valence-electron chi connectivity index (χ2n) is 6.91. The number of rotatable bonds is 6. The molecule has 1 aliphatic rings. The molecule has 0 N–H and O–H groups in total. The maximum absolute atomic E-state index is 12.8. The quantitative estimate of drug-likeness (QED) is 0.739. The fourth-order valence-electron chi connectivity index (χ4n) is 3.47. The van der Waals surface area contributed by atoms with E-state index in [0.717, 1.165) is 43.2 Å². The van der Waals surface area contributed by atoms with Gasteiger partial charge in [0.2, 0.25) is 5.75 Å². The zero-order valence-corrected chi connectivity index (χ0v) is 18.0. The number of carbonyl (C=O) groups excluding carboxylic acids is 1. The molecule has 6 nitrogen and oxygen atoms in total. The number of amides is 1. The Bertz CT molecular complexity index is 822. The third kappa shape index (κ3) is 4.10. The highest BCUT2D eigenvalue weighted by molar-refractivity contribution is 7.14. The molecule has 0 radical (unpaired) electrons. The lowest BCUT2D eigenvalue weighted by Crippen LogP contribution is -2.48. The fourth-order valence-corrected chi connectivity index (χ4v) is 4.47. The highest BCUT2D eigenvalue weighted by Crippen LogP contribution is 2.40. The van der Waals surface area contributed by atoms with Crippen molar-refractivity contribution >= 4 is 17.2 Å². The molecule has 1 aromatic carbocycles. The topological polar surface area (TPSA) is 51.2 Å². The van der Waals surface area contributed by atoms with Crippen molar-refractivity contribution in [1.82, 2.24) is 9.80 Å². The van der Waals surface area contributed by atoms with Gasteiger partial charge in [0.25, 0.3) is 5.91 Å². The van der Waals surface area contributed by atoms with Gasteiger partial charge >= 0.3 is 0 Å². The predicted molar refractivity (Wildman–Crippen MR) is 111 cm³/mol. The van der Waals surface area contributed by atoms with Gasteiger partial charge in [0.05, 0.1) is 26.2 Å². The first-order valence-electron chi connectivity index (χ1n) is 9.35. The van der Waals surface area contributed by atoms with Gasteiger partial charge in [-0.25, -0.2) is 0 Å². The van der Waals surface area contributed by atoms with Gasteiger partial charge in [-0.1, -0.05) is 6.07 Å². The molecule has 1 fully saturated rings. The Labute approximate surface area is 170 Å². The Morgan fingerprint density at radius 2 is 1.68 bits per heavy atom. The summed E-state index contributed by atoms with van der Waals surface area (Å²) in [5.74, 6) is 2.11. The fraction of sp³-hybridized carbons (Fsp3) is 0.476. The molecule has 0 bridgehead atoms. The number of benzene rings is 1. The monoisotopic (exact) mass is 404 g/mol. The summed E-state index contributed by atoms with van der Waals surface area (Å²) < 4.78 is 16.4. The lowest BCUT2D eigenvalue weighted by atomic mass is 10.1. The Balaban J connectivity index is 1.65. The molecule has 2 aromatic rings. The normalized spacial score (nSPS) is 14.8. The molecule has 0 spiro atoms.